The summed E-state index contributed by atoms with van der Waals surface area (Å²) >= 11 is 0. The van der Waals surface area contributed by atoms with Gasteiger partial charge in [0.25, 0.3) is 0 Å². The molecule has 154 valence electrons. The van der Waals surface area contributed by atoms with Crippen LogP contribution >= 0.6 is 0 Å². The Morgan fingerprint density at radius 1 is 1.25 bits per heavy atom. The lowest BCUT2D eigenvalue weighted by molar-refractivity contribution is -0.132. The maximum Gasteiger partial charge on any atom is 0.409 e. The molecule has 1 unspecified atom stereocenters. The maximum atomic E-state index is 13.7. The molecule has 0 spiro atoms. The van der Waals surface area contributed by atoms with Gasteiger partial charge in [-0.25, -0.2) is 9.18 Å². The van der Waals surface area contributed by atoms with Crippen molar-refractivity contribution in [2.45, 2.75) is 57.7 Å². The van der Waals surface area contributed by atoms with E-state index in [0.29, 0.717) is 38.2 Å². The summed E-state index contributed by atoms with van der Waals surface area (Å²) < 4.78 is 18.7. The van der Waals surface area contributed by atoms with Gasteiger partial charge < -0.3 is 19.9 Å². The van der Waals surface area contributed by atoms with E-state index < -0.39 is 0 Å². The van der Waals surface area contributed by atoms with Gasteiger partial charge in [0.1, 0.15) is 5.82 Å². The third-order valence-electron chi connectivity index (χ3n) is 5.68. The van der Waals surface area contributed by atoms with Crippen molar-refractivity contribution in [1.29, 1.82) is 0 Å². The van der Waals surface area contributed by atoms with Gasteiger partial charge in [-0.05, 0) is 45.2 Å². The summed E-state index contributed by atoms with van der Waals surface area (Å²) in [5, 5.41) is 3.30. The van der Waals surface area contributed by atoms with E-state index in [0.717, 1.165) is 32.2 Å². The van der Waals surface area contributed by atoms with E-state index in [4.69, 9.17) is 4.74 Å². The number of carbonyl (C=O) groups excluding carboxylic acids is 2. The van der Waals surface area contributed by atoms with Gasteiger partial charge in [0.2, 0.25) is 5.91 Å². The van der Waals surface area contributed by atoms with E-state index in [9.17, 15) is 14.0 Å². The minimum absolute atomic E-state index is 0.192. The molecule has 3 rings (SSSR count). The molecular formula is C21H30FN3O3. The fourth-order valence-corrected chi connectivity index (χ4v) is 4.22. The summed E-state index contributed by atoms with van der Waals surface area (Å²) in [6.07, 6.45) is 3.66. The van der Waals surface area contributed by atoms with Crippen LogP contribution in [-0.4, -0.2) is 60.1 Å². The highest BCUT2D eigenvalue weighted by atomic mass is 19.1. The molecule has 0 saturated carbocycles. The zero-order valence-electron chi connectivity index (χ0n) is 16.5. The first-order valence-corrected chi connectivity index (χ1v) is 10.3. The lowest BCUT2D eigenvalue weighted by atomic mass is 10.0. The van der Waals surface area contributed by atoms with Crippen molar-refractivity contribution in [3.63, 3.8) is 0 Å². The Labute approximate surface area is 166 Å². The highest BCUT2D eigenvalue weighted by Gasteiger charge is 2.37. The Morgan fingerprint density at radius 3 is 2.71 bits per heavy atom. The Hall–Kier alpha value is -2.15. The van der Waals surface area contributed by atoms with Crippen molar-refractivity contribution >= 4 is 12.0 Å². The molecule has 7 heteroatoms. The van der Waals surface area contributed by atoms with E-state index in [2.05, 4.69) is 5.32 Å². The first kappa shape index (κ1) is 20.6. The standard InChI is InChI=1S/C21H30FN3O3/c1-2-28-21(27)24-13-10-18(11-14-24)25-17(7-8-20(25)26)9-12-23-15-16-5-3-4-6-19(16)22/h3-6,17-18,23H,2,7-15H2,1H3. The second-order valence-electron chi connectivity index (χ2n) is 7.47. The van der Waals surface area contributed by atoms with Crippen LogP contribution in [0.3, 0.4) is 0 Å². The second-order valence-corrected chi connectivity index (χ2v) is 7.47. The predicted octanol–water partition coefficient (Wildman–Crippen LogP) is 2.92. The number of rotatable bonds is 7. The molecule has 1 N–H and O–H groups in total. The van der Waals surface area contributed by atoms with Crippen LogP contribution in [0.25, 0.3) is 0 Å². The Bertz CT molecular complexity index is 677. The Balaban J connectivity index is 1.46. The minimum Gasteiger partial charge on any atom is -0.450 e. The van der Waals surface area contributed by atoms with E-state index in [1.165, 1.54) is 6.07 Å². The number of ether oxygens (including phenoxy) is 1. The average Bonchev–Trinajstić information content (AvgIpc) is 3.07. The third kappa shape index (κ3) is 5.01. The van der Waals surface area contributed by atoms with Crippen LogP contribution in [0.2, 0.25) is 0 Å². The van der Waals surface area contributed by atoms with Gasteiger partial charge in [-0.15, -0.1) is 0 Å². The molecule has 1 aromatic rings. The van der Waals surface area contributed by atoms with E-state index in [1.807, 2.05) is 11.0 Å². The number of benzene rings is 1. The van der Waals surface area contributed by atoms with Gasteiger partial charge in [0.15, 0.2) is 0 Å². The molecule has 2 heterocycles. The van der Waals surface area contributed by atoms with E-state index in [-0.39, 0.29) is 29.9 Å². The molecule has 0 bridgehead atoms. The average molecular weight is 391 g/mol. The van der Waals surface area contributed by atoms with Crippen molar-refractivity contribution in [3.8, 4) is 0 Å². The first-order valence-electron chi connectivity index (χ1n) is 10.3. The minimum atomic E-state index is -0.261. The molecule has 2 saturated heterocycles. The van der Waals surface area contributed by atoms with Crippen LogP contribution in [0.4, 0.5) is 9.18 Å². The molecule has 28 heavy (non-hydrogen) atoms. The predicted molar refractivity (Wildman–Crippen MR) is 104 cm³/mol. The lowest BCUT2D eigenvalue weighted by Gasteiger charge is -2.39. The summed E-state index contributed by atoms with van der Waals surface area (Å²) in [5.74, 6) is 0.0229. The molecule has 2 fully saturated rings. The number of hydrogen-bond donors (Lipinski definition) is 1. The number of likely N-dealkylation sites (tertiary alicyclic amines) is 2. The number of piperidine rings is 1. The van der Waals surface area contributed by atoms with Crippen molar-refractivity contribution in [2.24, 2.45) is 0 Å². The van der Waals surface area contributed by atoms with Crippen LogP contribution in [0.15, 0.2) is 24.3 Å². The molecule has 1 aromatic carbocycles. The summed E-state index contributed by atoms with van der Waals surface area (Å²) in [6, 6.07) is 7.19. The molecule has 2 amide bonds. The summed E-state index contributed by atoms with van der Waals surface area (Å²) in [7, 11) is 0. The Morgan fingerprint density at radius 2 is 2.00 bits per heavy atom. The topological polar surface area (TPSA) is 61.9 Å². The van der Waals surface area contributed by atoms with Crippen LogP contribution < -0.4 is 5.32 Å². The second kappa shape index (κ2) is 9.87. The normalized spacial score (nSPS) is 20.6. The van der Waals surface area contributed by atoms with Crippen molar-refractivity contribution in [1.82, 2.24) is 15.1 Å². The van der Waals surface area contributed by atoms with Gasteiger partial charge >= 0.3 is 6.09 Å². The fraction of sp³-hybridized carbons (Fsp3) is 0.619. The lowest BCUT2D eigenvalue weighted by Crippen LogP contribution is -2.50. The molecule has 2 aliphatic heterocycles. The molecule has 0 aliphatic carbocycles. The molecule has 0 aromatic heterocycles. The number of nitrogens with zero attached hydrogens (tertiary/aromatic N) is 2. The number of carbonyl (C=O) groups is 2. The third-order valence-corrected chi connectivity index (χ3v) is 5.68. The number of amides is 2. The summed E-state index contributed by atoms with van der Waals surface area (Å²) in [6.45, 7) is 4.68. The van der Waals surface area contributed by atoms with E-state index >= 15 is 0 Å². The fourth-order valence-electron chi connectivity index (χ4n) is 4.22. The van der Waals surface area contributed by atoms with E-state index in [1.54, 1.807) is 24.0 Å². The Kier molecular flexibility index (Phi) is 7.25. The van der Waals surface area contributed by atoms with Gasteiger partial charge in [-0.1, -0.05) is 18.2 Å². The van der Waals surface area contributed by atoms with Crippen molar-refractivity contribution < 1.29 is 18.7 Å². The zero-order chi connectivity index (χ0) is 19.9. The first-order chi connectivity index (χ1) is 13.6. The van der Waals surface area contributed by atoms with Crippen LogP contribution in [0, 0.1) is 5.82 Å². The van der Waals surface area contributed by atoms with Crippen LogP contribution in [0.1, 0.15) is 44.6 Å². The van der Waals surface area contributed by atoms with Gasteiger partial charge in [-0.3, -0.25) is 4.79 Å². The maximum absolute atomic E-state index is 13.7. The summed E-state index contributed by atoms with van der Waals surface area (Å²) in [4.78, 5) is 28.1. The quantitative estimate of drug-likeness (QED) is 0.726. The molecule has 2 aliphatic rings. The zero-order valence-corrected chi connectivity index (χ0v) is 16.5. The van der Waals surface area contributed by atoms with Gasteiger partial charge in [0, 0.05) is 43.7 Å². The highest BCUT2D eigenvalue weighted by Crippen LogP contribution is 2.28. The molecule has 0 radical (unpaired) electrons. The number of hydrogen-bond acceptors (Lipinski definition) is 4. The van der Waals surface area contributed by atoms with Gasteiger partial charge in [-0.2, -0.15) is 0 Å². The molecular weight excluding hydrogens is 361 g/mol. The monoisotopic (exact) mass is 391 g/mol. The highest BCUT2D eigenvalue weighted by molar-refractivity contribution is 5.79. The van der Waals surface area contributed by atoms with Crippen LogP contribution in [-0.2, 0) is 16.1 Å². The van der Waals surface area contributed by atoms with Crippen molar-refractivity contribution in [2.75, 3.05) is 26.2 Å². The SMILES string of the molecule is CCOC(=O)N1CCC(N2C(=O)CCC2CCNCc2ccccc2F)CC1. The molecule has 6 nitrogen and oxygen atoms in total. The number of nitrogens with one attached hydrogen (secondary N) is 1. The van der Waals surface area contributed by atoms with Gasteiger partial charge in [0.05, 0.1) is 6.61 Å². The molecule has 1 atom stereocenters. The number of halogens is 1. The summed E-state index contributed by atoms with van der Waals surface area (Å²) in [5.41, 5.74) is 0.660. The van der Waals surface area contributed by atoms with Crippen molar-refractivity contribution in [3.05, 3.63) is 35.6 Å². The van der Waals surface area contributed by atoms with Crippen LogP contribution in [0.5, 0.6) is 0 Å². The smallest absolute Gasteiger partial charge is 0.409 e. The largest absolute Gasteiger partial charge is 0.450 e.